The zero-order valence-corrected chi connectivity index (χ0v) is 13.1. The van der Waals surface area contributed by atoms with Crippen LogP contribution in [0.3, 0.4) is 0 Å². The molecule has 0 atom stereocenters. The van der Waals surface area contributed by atoms with E-state index in [1.54, 1.807) is 0 Å². The summed E-state index contributed by atoms with van der Waals surface area (Å²) >= 11 is 0. The van der Waals surface area contributed by atoms with Crippen molar-refractivity contribution in [2.24, 2.45) is 5.92 Å². The quantitative estimate of drug-likeness (QED) is 0.603. The molecule has 2 aromatic rings. The van der Waals surface area contributed by atoms with Crippen LogP contribution in [0.5, 0.6) is 0 Å². The number of rotatable bonds is 7. The number of ether oxygens (including phenoxy) is 1. The van der Waals surface area contributed by atoms with Crippen molar-refractivity contribution in [3.8, 4) is 0 Å². The summed E-state index contributed by atoms with van der Waals surface area (Å²) < 4.78 is 5.59. The van der Waals surface area contributed by atoms with Crippen LogP contribution in [-0.4, -0.2) is 24.7 Å². The zero-order valence-electron chi connectivity index (χ0n) is 13.1. The van der Waals surface area contributed by atoms with Gasteiger partial charge in [0.05, 0.1) is 5.52 Å². The van der Waals surface area contributed by atoms with E-state index in [-0.39, 0.29) is 0 Å². The van der Waals surface area contributed by atoms with Crippen LogP contribution in [0.2, 0.25) is 0 Å². The maximum absolute atomic E-state index is 5.88. The maximum atomic E-state index is 5.88. The van der Waals surface area contributed by atoms with Crippen LogP contribution in [-0.2, 0) is 4.74 Å². The van der Waals surface area contributed by atoms with Gasteiger partial charge in [-0.25, -0.2) is 0 Å². The fourth-order valence-corrected chi connectivity index (χ4v) is 2.24. The predicted octanol–water partition coefficient (Wildman–Crippen LogP) is 3.60. The molecule has 114 valence electrons. The summed E-state index contributed by atoms with van der Waals surface area (Å²) in [4.78, 5) is 4.53. The number of anilines is 2. The summed E-state index contributed by atoms with van der Waals surface area (Å²) in [5.74, 6) is 0.590. The van der Waals surface area contributed by atoms with Gasteiger partial charge in [-0.1, -0.05) is 13.8 Å². The third-order valence-electron chi connectivity index (χ3n) is 3.19. The lowest BCUT2D eigenvalue weighted by atomic mass is 10.1. The highest BCUT2D eigenvalue weighted by Crippen LogP contribution is 2.25. The first-order chi connectivity index (χ1) is 10.1. The molecule has 1 heterocycles. The number of nitrogens with one attached hydrogen (secondary N) is 1. The van der Waals surface area contributed by atoms with Crippen molar-refractivity contribution in [2.45, 2.75) is 27.2 Å². The summed E-state index contributed by atoms with van der Waals surface area (Å²) in [7, 11) is 0. The van der Waals surface area contributed by atoms with Crippen molar-refractivity contribution in [2.75, 3.05) is 30.8 Å². The molecule has 0 saturated carbocycles. The second-order valence-electron chi connectivity index (χ2n) is 5.84. The van der Waals surface area contributed by atoms with Gasteiger partial charge in [-0.2, -0.15) is 0 Å². The van der Waals surface area contributed by atoms with Crippen molar-refractivity contribution in [1.29, 1.82) is 0 Å². The fourth-order valence-electron chi connectivity index (χ4n) is 2.24. The zero-order chi connectivity index (χ0) is 15.2. The van der Waals surface area contributed by atoms with E-state index in [4.69, 9.17) is 10.5 Å². The molecule has 4 nitrogen and oxygen atoms in total. The van der Waals surface area contributed by atoms with Crippen LogP contribution in [0, 0.1) is 12.8 Å². The summed E-state index contributed by atoms with van der Waals surface area (Å²) in [6, 6.07) is 7.89. The molecule has 0 aliphatic carbocycles. The van der Waals surface area contributed by atoms with E-state index in [9.17, 15) is 0 Å². The van der Waals surface area contributed by atoms with Gasteiger partial charge in [0.15, 0.2) is 0 Å². The minimum absolute atomic E-state index is 0.590. The lowest BCUT2D eigenvalue weighted by Gasteiger charge is -2.12. The van der Waals surface area contributed by atoms with Gasteiger partial charge >= 0.3 is 0 Å². The number of nitrogens with two attached hydrogens (primary N) is 1. The standard InChI is InChI=1S/C17H25N3O/c1-12(2)11-21-8-4-7-19-17-9-13(3)20-16-6-5-14(18)10-15(16)17/h5-6,9-10,12H,4,7-8,11,18H2,1-3H3,(H,19,20). The summed E-state index contributed by atoms with van der Waals surface area (Å²) in [5, 5.41) is 4.54. The minimum Gasteiger partial charge on any atom is -0.399 e. The first kappa shape index (κ1) is 15.6. The number of nitrogens with zero attached hydrogens (tertiary/aromatic N) is 1. The highest BCUT2D eigenvalue weighted by atomic mass is 16.5. The fraction of sp³-hybridized carbons (Fsp3) is 0.471. The maximum Gasteiger partial charge on any atom is 0.0727 e. The number of aromatic nitrogens is 1. The summed E-state index contributed by atoms with van der Waals surface area (Å²) in [6.07, 6.45) is 0.984. The van der Waals surface area contributed by atoms with Crippen molar-refractivity contribution in [3.63, 3.8) is 0 Å². The molecule has 0 fully saturated rings. The van der Waals surface area contributed by atoms with E-state index in [1.165, 1.54) is 0 Å². The molecular formula is C17H25N3O. The van der Waals surface area contributed by atoms with E-state index < -0.39 is 0 Å². The van der Waals surface area contributed by atoms with Crippen LogP contribution in [0.1, 0.15) is 26.0 Å². The molecule has 0 aliphatic heterocycles. The Morgan fingerprint density at radius 1 is 1.29 bits per heavy atom. The third-order valence-corrected chi connectivity index (χ3v) is 3.19. The van der Waals surface area contributed by atoms with Crippen molar-refractivity contribution in [3.05, 3.63) is 30.0 Å². The average Bonchev–Trinajstić information content (AvgIpc) is 2.42. The van der Waals surface area contributed by atoms with E-state index in [0.717, 1.165) is 54.2 Å². The molecule has 0 saturated heterocycles. The molecule has 2 rings (SSSR count). The molecule has 0 radical (unpaired) electrons. The van der Waals surface area contributed by atoms with Gasteiger partial charge in [0, 0.05) is 42.2 Å². The largest absolute Gasteiger partial charge is 0.399 e. The molecule has 0 unspecified atom stereocenters. The number of benzene rings is 1. The normalized spacial score (nSPS) is 11.2. The third kappa shape index (κ3) is 4.60. The molecule has 1 aromatic carbocycles. The van der Waals surface area contributed by atoms with Crippen molar-refractivity contribution >= 4 is 22.3 Å². The van der Waals surface area contributed by atoms with Gasteiger partial charge in [0.2, 0.25) is 0 Å². The van der Waals surface area contributed by atoms with E-state index in [2.05, 4.69) is 30.2 Å². The lowest BCUT2D eigenvalue weighted by molar-refractivity contribution is 0.110. The van der Waals surface area contributed by atoms with Crippen LogP contribution in [0.4, 0.5) is 11.4 Å². The van der Waals surface area contributed by atoms with Gasteiger partial charge in [0.1, 0.15) is 0 Å². The van der Waals surface area contributed by atoms with Gasteiger partial charge < -0.3 is 15.8 Å². The molecular weight excluding hydrogens is 262 g/mol. The van der Waals surface area contributed by atoms with Crippen molar-refractivity contribution in [1.82, 2.24) is 4.98 Å². The number of aryl methyl sites for hydroxylation is 1. The lowest BCUT2D eigenvalue weighted by Crippen LogP contribution is -2.09. The molecule has 1 aromatic heterocycles. The molecule has 0 aliphatic rings. The molecule has 21 heavy (non-hydrogen) atoms. The average molecular weight is 287 g/mol. The predicted molar refractivity (Wildman–Crippen MR) is 89.7 cm³/mol. The summed E-state index contributed by atoms with van der Waals surface area (Å²) in [5.41, 5.74) is 9.71. The van der Waals surface area contributed by atoms with Crippen LogP contribution < -0.4 is 11.1 Å². The molecule has 4 heteroatoms. The van der Waals surface area contributed by atoms with E-state index in [1.807, 2.05) is 25.1 Å². The number of pyridine rings is 1. The topological polar surface area (TPSA) is 60.2 Å². The Balaban J connectivity index is 1.96. The van der Waals surface area contributed by atoms with E-state index in [0.29, 0.717) is 5.92 Å². The molecule has 0 amide bonds. The summed E-state index contributed by atoms with van der Waals surface area (Å²) in [6.45, 7) is 8.82. The second-order valence-corrected chi connectivity index (χ2v) is 5.84. The number of hydrogen-bond acceptors (Lipinski definition) is 4. The Morgan fingerprint density at radius 2 is 2.10 bits per heavy atom. The van der Waals surface area contributed by atoms with Crippen LogP contribution in [0.25, 0.3) is 10.9 Å². The van der Waals surface area contributed by atoms with Gasteiger partial charge in [0.25, 0.3) is 0 Å². The molecule has 3 N–H and O–H groups in total. The smallest absolute Gasteiger partial charge is 0.0727 e. The number of hydrogen-bond donors (Lipinski definition) is 2. The number of nitrogen functional groups attached to an aromatic ring is 1. The molecule has 0 spiro atoms. The highest BCUT2D eigenvalue weighted by Gasteiger charge is 2.04. The molecule has 0 bridgehead atoms. The van der Waals surface area contributed by atoms with Crippen LogP contribution >= 0.6 is 0 Å². The van der Waals surface area contributed by atoms with Crippen LogP contribution in [0.15, 0.2) is 24.3 Å². The first-order valence-corrected chi connectivity index (χ1v) is 7.55. The monoisotopic (exact) mass is 287 g/mol. The second kappa shape index (κ2) is 7.27. The van der Waals surface area contributed by atoms with E-state index >= 15 is 0 Å². The van der Waals surface area contributed by atoms with Gasteiger partial charge in [-0.3, -0.25) is 4.98 Å². The highest BCUT2D eigenvalue weighted by molar-refractivity contribution is 5.93. The van der Waals surface area contributed by atoms with Gasteiger partial charge in [-0.05, 0) is 43.5 Å². The van der Waals surface area contributed by atoms with Gasteiger partial charge in [-0.15, -0.1) is 0 Å². The van der Waals surface area contributed by atoms with Crippen molar-refractivity contribution < 1.29 is 4.74 Å². The minimum atomic E-state index is 0.590. The Morgan fingerprint density at radius 3 is 2.86 bits per heavy atom. The Hall–Kier alpha value is -1.81. The first-order valence-electron chi connectivity index (χ1n) is 7.55. The SMILES string of the molecule is Cc1cc(NCCCOCC(C)C)c2cc(N)ccc2n1. The number of fused-ring (bicyclic) bond motifs is 1. The Kier molecular flexibility index (Phi) is 5.39. The Labute approximate surface area is 126 Å². The Bertz CT molecular complexity index is 596.